The summed E-state index contributed by atoms with van der Waals surface area (Å²) in [5, 5.41) is 8.28. The third-order valence-corrected chi connectivity index (χ3v) is 6.89. The number of esters is 1. The summed E-state index contributed by atoms with van der Waals surface area (Å²) in [5.74, 6) is -0.942. The van der Waals surface area contributed by atoms with Crippen LogP contribution >= 0.6 is 0 Å². The molecule has 0 amide bonds. The summed E-state index contributed by atoms with van der Waals surface area (Å²) in [4.78, 5) is 22.4. The quantitative estimate of drug-likeness (QED) is 0.219. The van der Waals surface area contributed by atoms with Crippen LogP contribution in [0.2, 0.25) is 0 Å². The van der Waals surface area contributed by atoms with Crippen molar-refractivity contribution in [2.75, 3.05) is 6.26 Å². The molecule has 6 nitrogen and oxygen atoms in total. The number of carboxylic acid groups (broad SMARTS) is 1. The average molecular weight is 435 g/mol. The fourth-order valence-electron chi connectivity index (χ4n) is 3.48. The highest BCUT2D eigenvalue weighted by Gasteiger charge is 2.21. The van der Waals surface area contributed by atoms with E-state index in [2.05, 4.69) is 6.92 Å². The minimum Gasteiger partial charge on any atom is -0.481 e. The summed E-state index contributed by atoms with van der Waals surface area (Å²) in [5.41, 5.74) is 0. The lowest BCUT2D eigenvalue weighted by Gasteiger charge is -2.20. The van der Waals surface area contributed by atoms with Gasteiger partial charge in [0.05, 0.1) is 5.25 Å². The number of carbonyl (C=O) groups is 2. The molecule has 172 valence electrons. The van der Waals surface area contributed by atoms with Crippen molar-refractivity contribution in [1.82, 2.24) is 0 Å². The minimum absolute atomic E-state index is 0.114. The molecule has 0 aliphatic heterocycles. The average Bonchev–Trinajstić information content (AvgIpc) is 2.61. The number of rotatable bonds is 19. The molecule has 0 aromatic carbocycles. The van der Waals surface area contributed by atoms with Gasteiger partial charge in [0.15, 0.2) is 0 Å². The van der Waals surface area contributed by atoms with E-state index in [-0.39, 0.29) is 23.7 Å². The van der Waals surface area contributed by atoms with Crippen LogP contribution in [-0.2, 0) is 24.2 Å². The first-order chi connectivity index (χ1) is 13.7. The van der Waals surface area contributed by atoms with E-state index in [0.29, 0.717) is 32.1 Å². The van der Waals surface area contributed by atoms with Gasteiger partial charge in [0.2, 0.25) is 0 Å². The number of unbranched alkanes of at least 4 members (excludes halogenated alkanes) is 5. The molecule has 0 aromatic heterocycles. The van der Waals surface area contributed by atoms with Crippen molar-refractivity contribution in [1.29, 1.82) is 0 Å². The van der Waals surface area contributed by atoms with Crippen molar-refractivity contribution >= 4 is 21.8 Å². The number of aliphatic carboxylic acids is 1. The Morgan fingerprint density at radius 1 is 0.793 bits per heavy atom. The molecule has 0 radical (unpaired) electrons. The zero-order valence-electron chi connectivity index (χ0n) is 18.7. The Balaban J connectivity index is 4.43. The first kappa shape index (κ1) is 27.9. The van der Waals surface area contributed by atoms with Crippen molar-refractivity contribution in [2.24, 2.45) is 0 Å². The molecule has 0 aliphatic carbocycles. The van der Waals surface area contributed by atoms with Crippen LogP contribution in [0, 0.1) is 0 Å². The van der Waals surface area contributed by atoms with E-state index < -0.39 is 15.8 Å². The molecule has 0 fully saturated rings. The number of hydrogen-bond donors (Lipinski definition) is 1. The minimum atomic E-state index is -3.12. The molecule has 0 bridgehead atoms. The summed E-state index contributed by atoms with van der Waals surface area (Å²) < 4.78 is 29.9. The van der Waals surface area contributed by atoms with Crippen molar-refractivity contribution in [3.05, 3.63) is 0 Å². The van der Waals surface area contributed by atoms with Gasteiger partial charge in [0.1, 0.15) is 15.9 Å². The van der Waals surface area contributed by atoms with Crippen LogP contribution in [0.1, 0.15) is 110 Å². The van der Waals surface area contributed by atoms with E-state index in [4.69, 9.17) is 9.84 Å². The second kappa shape index (κ2) is 16.7. The van der Waals surface area contributed by atoms with Gasteiger partial charge in [0, 0.05) is 19.1 Å². The van der Waals surface area contributed by atoms with Gasteiger partial charge >= 0.3 is 11.9 Å². The van der Waals surface area contributed by atoms with Crippen molar-refractivity contribution in [3.63, 3.8) is 0 Å². The van der Waals surface area contributed by atoms with Gasteiger partial charge in [-0.2, -0.15) is 0 Å². The van der Waals surface area contributed by atoms with E-state index >= 15 is 0 Å². The molecule has 0 spiro atoms. The predicted octanol–water partition coefficient (Wildman–Crippen LogP) is 5.29. The normalized spacial score (nSPS) is 13.8. The van der Waals surface area contributed by atoms with Crippen LogP contribution in [0.25, 0.3) is 0 Å². The first-order valence-corrected chi connectivity index (χ1v) is 13.3. The molecular formula is C22H42O6S. The molecule has 0 saturated carbocycles. The molecule has 7 heteroatoms. The second-order valence-electron chi connectivity index (χ2n) is 8.09. The van der Waals surface area contributed by atoms with Crippen molar-refractivity contribution in [3.8, 4) is 0 Å². The van der Waals surface area contributed by atoms with Crippen LogP contribution in [0.4, 0.5) is 0 Å². The fourth-order valence-corrected chi connectivity index (χ4v) is 4.67. The van der Waals surface area contributed by atoms with Gasteiger partial charge in [-0.05, 0) is 51.4 Å². The monoisotopic (exact) mass is 434 g/mol. The second-order valence-corrected chi connectivity index (χ2v) is 10.4. The van der Waals surface area contributed by atoms with Crippen LogP contribution in [0.5, 0.6) is 0 Å². The first-order valence-electron chi connectivity index (χ1n) is 11.3. The van der Waals surface area contributed by atoms with Crippen LogP contribution < -0.4 is 0 Å². The lowest BCUT2D eigenvalue weighted by Crippen LogP contribution is -2.22. The highest BCUT2D eigenvalue weighted by atomic mass is 32.2. The Hall–Kier alpha value is -1.11. The smallest absolute Gasteiger partial charge is 0.306 e. The van der Waals surface area contributed by atoms with Gasteiger partial charge in [-0.1, -0.05) is 46.0 Å². The number of carbonyl (C=O) groups excluding carboxylic acids is 1. The third kappa shape index (κ3) is 16.4. The largest absolute Gasteiger partial charge is 0.481 e. The van der Waals surface area contributed by atoms with Gasteiger partial charge in [-0.15, -0.1) is 0 Å². The molecule has 2 atom stereocenters. The summed E-state index contributed by atoms with van der Waals surface area (Å²) in [7, 11) is -3.12. The Bertz CT molecular complexity index is 544. The number of hydrogen-bond acceptors (Lipinski definition) is 5. The molecular weight excluding hydrogens is 392 g/mol. The molecule has 29 heavy (non-hydrogen) atoms. The van der Waals surface area contributed by atoms with Gasteiger partial charge < -0.3 is 9.84 Å². The number of carboxylic acids is 1. The standard InChI is InChI=1S/C22H42O6S/c1-4-6-9-14-19(28-22(25)13-5-2)15-12-17-20(29(3,26)27)16-10-7-8-11-18-21(23)24/h19-20H,4-18H2,1-3H3,(H,23,24). The van der Waals surface area contributed by atoms with Gasteiger partial charge in [-0.3, -0.25) is 9.59 Å². The Labute approximate surface area is 177 Å². The van der Waals surface area contributed by atoms with E-state index in [1.54, 1.807) is 0 Å². The highest BCUT2D eigenvalue weighted by molar-refractivity contribution is 7.91. The summed E-state index contributed by atoms with van der Waals surface area (Å²) in [6.07, 6.45) is 12.4. The van der Waals surface area contributed by atoms with Gasteiger partial charge in [0.25, 0.3) is 0 Å². The SMILES string of the molecule is CCCCCC(CCCC(CCCCCCC(=O)O)S(C)(=O)=O)OC(=O)CCC. The fraction of sp³-hybridized carbons (Fsp3) is 0.909. The Kier molecular flexibility index (Phi) is 16.0. The van der Waals surface area contributed by atoms with E-state index in [1.807, 2.05) is 6.92 Å². The summed E-state index contributed by atoms with van der Waals surface area (Å²) in [6, 6.07) is 0. The topological polar surface area (TPSA) is 97.7 Å². The van der Waals surface area contributed by atoms with Crippen LogP contribution in [-0.4, -0.2) is 43.1 Å². The van der Waals surface area contributed by atoms with Gasteiger partial charge in [-0.25, -0.2) is 8.42 Å². The maximum Gasteiger partial charge on any atom is 0.306 e. The van der Waals surface area contributed by atoms with Crippen molar-refractivity contribution in [2.45, 2.75) is 122 Å². The maximum absolute atomic E-state index is 12.1. The Morgan fingerprint density at radius 3 is 1.97 bits per heavy atom. The lowest BCUT2D eigenvalue weighted by molar-refractivity contribution is -0.150. The van der Waals surface area contributed by atoms with Crippen LogP contribution in [0.15, 0.2) is 0 Å². The molecule has 0 saturated heterocycles. The van der Waals surface area contributed by atoms with E-state index in [1.165, 1.54) is 6.26 Å². The Morgan fingerprint density at radius 2 is 1.38 bits per heavy atom. The maximum atomic E-state index is 12.1. The highest BCUT2D eigenvalue weighted by Crippen LogP contribution is 2.21. The number of ether oxygens (including phenoxy) is 1. The summed E-state index contributed by atoms with van der Waals surface area (Å²) >= 11 is 0. The molecule has 2 unspecified atom stereocenters. The molecule has 0 aromatic rings. The predicted molar refractivity (Wildman–Crippen MR) is 117 cm³/mol. The third-order valence-electron chi connectivity index (χ3n) is 5.21. The molecule has 1 N–H and O–H groups in total. The molecule has 0 aliphatic rings. The molecule has 0 heterocycles. The molecule has 0 rings (SSSR count). The van der Waals surface area contributed by atoms with E-state index in [9.17, 15) is 18.0 Å². The van der Waals surface area contributed by atoms with Crippen molar-refractivity contribution < 1.29 is 27.9 Å². The zero-order valence-corrected chi connectivity index (χ0v) is 19.5. The number of sulfone groups is 1. The zero-order chi connectivity index (χ0) is 22.1. The van der Waals surface area contributed by atoms with E-state index in [0.717, 1.165) is 57.8 Å². The summed E-state index contributed by atoms with van der Waals surface area (Å²) in [6.45, 7) is 4.09. The van der Waals surface area contributed by atoms with Crippen LogP contribution in [0.3, 0.4) is 0 Å². The lowest BCUT2D eigenvalue weighted by atomic mass is 10.0.